The summed E-state index contributed by atoms with van der Waals surface area (Å²) >= 11 is 0. The second-order valence-corrected chi connectivity index (χ2v) is 7.57. The Morgan fingerprint density at radius 2 is 1.58 bits per heavy atom. The standard InChI is InChI=1S/C12H16.C8H8O3S/c1-5-10-6-8-11(9-7-10)12(2,3)4;9-12(10,11)7-6-8-4-2-1-3-5-8/h5-9H,1H2,2-4H3;1-7H,(H,9,10,11)/i1D;/b5-1+;. The summed E-state index contributed by atoms with van der Waals surface area (Å²) in [5.41, 5.74) is 3.36. The summed E-state index contributed by atoms with van der Waals surface area (Å²) in [5.74, 6) is 0. The molecule has 0 aliphatic heterocycles. The first-order valence-corrected chi connectivity index (χ1v) is 8.98. The van der Waals surface area contributed by atoms with Gasteiger partial charge in [0, 0.05) is 0 Å². The Bertz CT molecular complexity index is 800. The molecular formula is C20H24O3S. The molecular weight excluding hydrogens is 320 g/mol. The summed E-state index contributed by atoms with van der Waals surface area (Å²) < 4.78 is 35.8. The highest BCUT2D eigenvalue weighted by molar-refractivity contribution is 7.88. The van der Waals surface area contributed by atoms with E-state index in [0.717, 1.165) is 16.5 Å². The van der Waals surface area contributed by atoms with E-state index in [2.05, 4.69) is 32.9 Å². The second-order valence-electron chi connectivity index (χ2n) is 6.27. The van der Waals surface area contributed by atoms with E-state index in [1.54, 1.807) is 30.3 Å². The van der Waals surface area contributed by atoms with Crippen LogP contribution in [-0.4, -0.2) is 13.0 Å². The second kappa shape index (κ2) is 8.62. The predicted molar refractivity (Wildman–Crippen MR) is 102 cm³/mol. The molecule has 4 heteroatoms. The minimum Gasteiger partial charge on any atom is -0.282 e. The van der Waals surface area contributed by atoms with Gasteiger partial charge in [-0.1, -0.05) is 88.0 Å². The Hall–Kier alpha value is -2.17. The molecule has 0 fully saturated rings. The molecule has 0 amide bonds. The monoisotopic (exact) mass is 345 g/mol. The van der Waals surface area contributed by atoms with Crippen LogP contribution in [-0.2, 0) is 15.5 Å². The number of hydrogen-bond donors (Lipinski definition) is 1. The van der Waals surface area contributed by atoms with Crippen LogP contribution in [0.2, 0.25) is 0 Å². The predicted octanol–water partition coefficient (Wildman–Crippen LogP) is 5.17. The van der Waals surface area contributed by atoms with Gasteiger partial charge in [-0.3, -0.25) is 4.55 Å². The van der Waals surface area contributed by atoms with Gasteiger partial charge in [-0.15, -0.1) is 0 Å². The van der Waals surface area contributed by atoms with Crippen molar-refractivity contribution in [3.63, 3.8) is 0 Å². The van der Waals surface area contributed by atoms with E-state index >= 15 is 0 Å². The van der Waals surface area contributed by atoms with Crippen LogP contribution in [0.1, 0.15) is 38.8 Å². The molecule has 0 aliphatic carbocycles. The minimum absolute atomic E-state index is 0.212. The molecule has 2 rings (SSSR count). The maximum atomic E-state index is 10.3. The number of benzene rings is 2. The fraction of sp³-hybridized carbons (Fsp3) is 0.200. The van der Waals surface area contributed by atoms with E-state index in [1.165, 1.54) is 18.2 Å². The molecule has 0 saturated carbocycles. The van der Waals surface area contributed by atoms with Gasteiger partial charge in [0.05, 0.1) is 6.78 Å². The average molecular weight is 345 g/mol. The molecule has 0 aromatic heterocycles. The summed E-state index contributed by atoms with van der Waals surface area (Å²) in [6, 6.07) is 17.2. The first-order chi connectivity index (χ1) is 11.6. The highest BCUT2D eigenvalue weighted by atomic mass is 32.2. The van der Waals surface area contributed by atoms with E-state index in [4.69, 9.17) is 5.92 Å². The molecule has 128 valence electrons. The van der Waals surface area contributed by atoms with Gasteiger partial charge in [0.15, 0.2) is 0 Å². The lowest BCUT2D eigenvalue weighted by Gasteiger charge is -2.18. The zero-order valence-corrected chi connectivity index (χ0v) is 15.0. The number of rotatable bonds is 3. The lowest BCUT2D eigenvalue weighted by Crippen LogP contribution is -2.10. The molecule has 0 aliphatic rings. The summed E-state index contributed by atoms with van der Waals surface area (Å²) in [5, 5.41) is 0.752. The molecule has 0 bridgehead atoms. The Labute approximate surface area is 146 Å². The van der Waals surface area contributed by atoms with Gasteiger partial charge >= 0.3 is 0 Å². The molecule has 0 unspecified atom stereocenters. The molecule has 24 heavy (non-hydrogen) atoms. The van der Waals surface area contributed by atoms with Crippen molar-refractivity contribution in [2.75, 3.05) is 0 Å². The van der Waals surface area contributed by atoms with Crippen LogP contribution in [0.5, 0.6) is 0 Å². The zero-order chi connectivity index (χ0) is 18.9. The Balaban J connectivity index is 0.000000251. The van der Waals surface area contributed by atoms with Gasteiger partial charge in [-0.2, -0.15) is 8.42 Å². The molecule has 1 N–H and O–H groups in total. The Morgan fingerprint density at radius 1 is 1.00 bits per heavy atom. The van der Waals surface area contributed by atoms with Crippen LogP contribution in [0.4, 0.5) is 0 Å². The molecule has 0 spiro atoms. The number of hydrogen-bond acceptors (Lipinski definition) is 2. The first kappa shape index (κ1) is 18.2. The van der Waals surface area contributed by atoms with E-state index in [1.807, 2.05) is 18.2 Å². The summed E-state index contributed by atoms with van der Waals surface area (Å²) in [4.78, 5) is 0. The fourth-order valence-electron chi connectivity index (χ4n) is 1.82. The SMILES string of the molecule is O=S(=O)(O)C=Cc1ccccc1.[2H]/C=C/c1ccc(C(C)(C)C)cc1. The molecule has 2 aromatic carbocycles. The molecule has 3 nitrogen and oxygen atoms in total. The van der Waals surface area contributed by atoms with Crippen LogP contribution >= 0.6 is 0 Å². The Morgan fingerprint density at radius 3 is 2.04 bits per heavy atom. The summed E-state index contributed by atoms with van der Waals surface area (Å²) in [6.45, 7) is 7.90. The zero-order valence-electron chi connectivity index (χ0n) is 15.2. The average Bonchev–Trinajstić information content (AvgIpc) is 2.54. The van der Waals surface area contributed by atoms with E-state index in [-0.39, 0.29) is 5.41 Å². The van der Waals surface area contributed by atoms with Crippen LogP contribution in [0.25, 0.3) is 12.2 Å². The van der Waals surface area contributed by atoms with Crippen molar-refractivity contribution in [3.8, 4) is 0 Å². The highest BCUT2D eigenvalue weighted by Crippen LogP contribution is 2.22. The molecule has 0 atom stereocenters. The summed E-state index contributed by atoms with van der Waals surface area (Å²) in [6.07, 6.45) is 3.11. The maximum absolute atomic E-state index is 10.3. The van der Waals surface area contributed by atoms with Gasteiger partial charge in [0.1, 0.15) is 0 Å². The fourth-order valence-corrected chi connectivity index (χ4v) is 2.15. The van der Waals surface area contributed by atoms with E-state index in [9.17, 15) is 8.42 Å². The Kier molecular flexibility index (Phi) is 6.53. The third-order valence-electron chi connectivity index (χ3n) is 3.20. The van der Waals surface area contributed by atoms with Crippen LogP contribution in [0, 0.1) is 0 Å². The third kappa shape index (κ3) is 7.90. The third-order valence-corrected chi connectivity index (χ3v) is 3.68. The van der Waals surface area contributed by atoms with Crippen LogP contribution in [0.15, 0.2) is 66.6 Å². The quantitative estimate of drug-likeness (QED) is 0.781. The highest BCUT2D eigenvalue weighted by Gasteiger charge is 2.12. The lowest BCUT2D eigenvalue weighted by atomic mass is 9.87. The molecule has 0 radical (unpaired) electrons. The van der Waals surface area contributed by atoms with Gasteiger partial charge in [0.25, 0.3) is 10.1 Å². The minimum atomic E-state index is -4.00. The van der Waals surface area contributed by atoms with E-state index in [0.29, 0.717) is 0 Å². The van der Waals surface area contributed by atoms with Crippen molar-refractivity contribution in [1.82, 2.24) is 0 Å². The largest absolute Gasteiger partial charge is 0.287 e. The molecule has 0 heterocycles. The topological polar surface area (TPSA) is 54.4 Å². The molecule has 0 saturated heterocycles. The van der Waals surface area contributed by atoms with Gasteiger partial charge < -0.3 is 0 Å². The van der Waals surface area contributed by atoms with Crippen molar-refractivity contribution in [3.05, 3.63) is 83.3 Å². The smallest absolute Gasteiger partial charge is 0.282 e. The van der Waals surface area contributed by atoms with Crippen LogP contribution < -0.4 is 0 Å². The van der Waals surface area contributed by atoms with Gasteiger partial charge in [-0.25, -0.2) is 0 Å². The summed E-state index contributed by atoms with van der Waals surface area (Å²) in [7, 11) is -4.00. The lowest BCUT2D eigenvalue weighted by molar-refractivity contribution is 0.494. The van der Waals surface area contributed by atoms with Gasteiger partial charge in [0.2, 0.25) is 0 Å². The van der Waals surface area contributed by atoms with Crippen LogP contribution in [0.3, 0.4) is 0 Å². The van der Waals surface area contributed by atoms with E-state index < -0.39 is 10.1 Å². The maximum Gasteiger partial charge on any atom is 0.287 e. The molecule has 2 aromatic rings. The van der Waals surface area contributed by atoms with Crippen molar-refractivity contribution >= 4 is 22.3 Å². The van der Waals surface area contributed by atoms with Crippen molar-refractivity contribution < 1.29 is 14.3 Å². The van der Waals surface area contributed by atoms with Crippen molar-refractivity contribution in [2.24, 2.45) is 0 Å². The van der Waals surface area contributed by atoms with Crippen molar-refractivity contribution in [2.45, 2.75) is 26.2 Å². The normalized spacial score (nSPS) is 12.8. The first-order valence-electron chi connectivity index (χ1n) is 8.06. The van der Waals surface area contributed by atoms with Crippen molar-refractivity contribution in [1.29, 1.82) is 0 Å². The van der Waals surface area contributed by atoms with Gasteiger partial charge in [-0.05, 0) is 28.2 Å².